The van der Waals surface area contributed by atoms with E-state index in [1.165, 1.54) is 13.2 Å². The molecule has 44 valence electrons. The predicted octanol–water partition coefficient (Wildman–Crippen LogP) is -0.990. The molecule has 0 aliphatic heterocycles. The summed E-state index contributed by atoms with van der Waals surface area (Å²) < 4.78 is 4.12. The van der Waals surface area contributed by atoms with E-state index in [2.05, 4.69) is 4.74 Å². The summed E-state index contributed by atoms with van der Waals surface area (Å²) in [4.78, 5) is 10.2. The minimum atomic E-state index is -1.14. The van der Waals surface area contributed by atoms with Gasteiger partial charge in [0, 0.05) is 0 Å². The Bertz CT molecular complexity index is 126. The van der Waals surface area contributed by atoms with Crippen LogP contribution in [-0.2, 0) is 9.53 Å². The normalized spacial score (nSPS) is 11.6. The average Bonchev–Trinajstić information content (AvgIpc) is 1.84. The quantitative estimate of drug-likeness (QED) is 0.444. The van der Waals surface area contributed by atoms with Gasteiger partial charge in [0.05, 0.1) is 13.2 Å². The lowest BCUT2D eigenvalue weighted by atomic mass is 10.4. The van der Waals surface area contributed by atoms with Gasteiger partial charge >= 0.3 is 5.97 Å². The molecule has 0 spiro atoms. The van der Waals surface area contributed by atoms with E-state index in [0.29, 0.717) is 0 Å². The Balaban J connectivity index is 3.68. The molecule has 4 nitrogen and oxygen atoms in total. The summed E-state index contributed by atoms with van der Waals surface area (Å²) in [7, 11) is 1.18. The summed E-state index contributed by atoms with van der Waals surface area (Å²) in [5.74, 6) is -0.701. The molecule has 0 bridgehead atoms. The Kier molecular flexibility index (Phi) is 2.59. The molecule has 1 atom stereocenters. The van der Waals surface area contributed by atoms with Crippen LogP contribution in [0.2, 0.25) is 0 Å². The Labute approximate surface area is 46.8 Å². The van der Waals surface area contributed by atoms with Crippen LogP contribution in [0.15, 0.2) is 0 Å². The number of hydrogen-bond donors (Lipinski definition) is 1. The van der Waals surface area contributed by atoms with Gasteiger partial charge in [-0.25, -0.2) is 4.79 Å². The molecule has 0 amide bonds. The highest BCUT2D eigenvalue weighted by Crippen LogP contribution is 1.77. The summed E-state index contributed by atoms with van der Waals surface area (Å²) in [5, 5.41) is 7.96. The van der Waals surface area contributed by atoms with Gasteiger partial charge in [0.2, 0.25) is 0 Å². The predicted molar refractivity (Wildman–Crippen MR) is 25.6 cm³/mol. The fraction of sp³-hybridized carbons (Fsp3) is 0.500. The van der Waals surface area contributed by atoms with Gasteiger partial charge in [-0.2, -0.15) is 5.26 Å². The van der Waals surface area contributed by atoms with Crippen LogP contribution in [-0.4, -0.2) is 19.1 Å². The number of carbonyl (C=O) groups excluding carboxylic acids is 1. The monoisotopic (exact) mass is 114 g/mol. The van der Waals surface area contributed by atoms with Gasteiger partial charge in [-0.1, -0.05) is 0 Å². The highest BCUT2D eigenvalue weighted by molar-refractivity contribution is 5.78. The van der Waals surface area contributed by atoms with Crippen molar-refractivity contribution >= 4 is 5.97 Å². The first kappa shape index (κ1) is 6.92. The maximum absolute atomic E-state index is 10.2. The van der Waals surface area contributed by atoms with E-state index in [1.54, 1.807) is 0 Å². The molecule has 0 aromatic heterocycles. The fourth-order valence-corrected chi connectivity index (χ4v) is 0.180. The molecular weight excluding hydrogens is 108 g/mol. The standard InChI is InChI=1S/C4H6N2O2/c1-8-4(7)3(6)2-5/h3H,6H2,1H3. The van der Waals surface area contributed by atoms with Gasteiger partial charge in [-0.3, -0.25) is 0 Å². The van der Waals surface area contributed by atoms with E-state index in [0.717, 1.165) is 0 Å². The zero-order chi connectivity index (χ0) is 6.57. The largest absolute Gasteiger partial charge is 0.467 e. The fourth-order valence-electron chi connectivity index (χ4n) is 0.180. The van der Waals surface area contributed by atoms with Crippen LogP contribution in [0.4, 0.5) is 0 Å². The van der Waals surface area contributed by atoms with Gasteiger partial charge in [0.1, 0.15) is 0 Å². The van der Waals surface area contributed by atoms with Crippen molar-refractivity contribution in [3.8, 4) is 6.07 Å². The first-order chi connectivity index (χ1) is 3.72. The number of hydrogen-bond acceptors (Lipinski definition) is 4. The summed E-state index contributed by atoms with van der Waals surface area (Å²) >= 11 is 0. The minimum Gasteiger partial charge on any atom is -0.467 e. The molecule has 8 heavy (non-hydrogen) atoms. The minimum absolute atomic E-state index is 0.701. The number of esters is 1. The molecule has 0 aromatic carbocycles. The molecule has 2 N–H and O–H groups in total. The molecule has 0 heterocycles. The van der Waals surface area contributed by atoms with E-state index in [9.17, 15) is 4.79 Å². The van der Waals surface area contributed by atoms with Crippen molar-refractivity contribution in [1.82, 2.24) is 0 Å². The lowest BCUT2D eigenvalue weighted by Crippen LogP contribution is -2.29. The highest BCUT2D eigenvalue weighted by Gasteiger charge is 2.10. The second kappa shape index (κ2) is 2.99. The number of carbonyl (C=O) groups is 1. The average molecular weight is 114 g/mol. The Hall–Kier alpha value is -1.08. The van der Waals surface area contributed by atoms with Crippen LogP contribution >= 0.6 is 0 Å². The summed E-state index contributed by atoms with van der Waals surface area (Å²) in [6.45, 7) is 0. The van der Waals surface area contributed by atoms with Gasteiger partial charge in [-0.05, 0) is 0 Å². The lowest BCUT2D eigenvalue weighted by Gasteiger charge is -1.95. The molecule has 0 saturated carbocycles. The molecule has 0 aliphatic carbocycles. The summed E-state index contributed by atoms with van der Waals surface area (Å²) in [5.41, 5.74) is 4.89. The lowest BCUT2D eigenvalue weighted by molar-refractivity contribution is -0.140. The third-order valence-corrected chi connectivity index (χ3v) is 0.594. The summed E-state index contributed by atoms with van der Waals surface area (Å²) in [6.07, 6.45) is 0. The number of nitrogens with two attached hydrogens (primary N) is 1. The smallest absolute Gasteiger partial charge is 0.337 e. The van der Waals surface area contributed by atoms with Crippen LogP contribution in [0.1, 0.15) is 0 Å². The van der Waals surface area contributed by atoms with Crippen LogP contribution in [0.5, 0.6) is 0 Å². The molecule has 4 heteroatoms. The topological polar surface area (TPSA) is 76.1 Å². The molecule has 1 unspecified atom stereocenters. The summed E-state index contributed by atoms with van der Waals surface area (Å²) in [6, 6.07) is 0.380. The van der Waals surface area contributed by atoms with E-state index >= 15 is 0 Å². The molecule has 0 saturated heterocycles. The molecule has 0 radical (unpaired) electrons. The van der Waals surface area contributed by atoms with E-state index in [4.69, 9.17) is 11.0 Å². The SMILES string of the molecule is COC(=O)C(N)C#N. The van der Waals surface area contributed by atoms with Crippen molar-refractivity contribution in [2.24, 2.45) is 5.73 Å². The van der Waals surface area contributed by atoms with Crippen LogP contribution in [0.3, 0.4) is 0 Å². The van der Waals surface area contributed by atoms with Crippen molar-refractivity contribution < 1.29 is 9.53 Å². The molecule has 0 fully saturated rings. The number of nitrogens with zero attached hydrogens (tertiary/aromatic N) is 1. The maximum Gasteiger partial charge on any atom is 0.337 e. The first-order valence-corrected chi connectivity index (χ1v) is 1.95. The van der Waals surface area contributed by atoms with E-state index in [1.807, 2.05) is 0 Å². The second-order valence-electron chi connectivity index (χ2n) is 1.13. The van der Waals surface area contributed by atoms with E-state index < -0.39 is 12.0 Å². The number of rotatable bonds is 1. The molecule has 0 rings (SSSR count). The Morgan fingerprint density at radius 3 is 2.62 bits per heavy atom. The highest BCUT2D eigenvalue weighted by atomic mass is 16.5. The van der Waals surface area contributed by atoms with Crippen molar-refractivity contribution in [2.75, 3.05) is 7.11 Å². The van der Waals surface area contributed by atoms with E-state index in [-0.39, 0.29) is 0 Å². The van der Waals surface area contributed by atoms with Gasteiger partial charge < -0.3 is 10.5 Å². The third kappa shape index (κ3) is 1.58. The van der Waals surface area contributed by atoms with Gasteiger partial charge in [0.15, 0.2) is 6.04 Å². The first-order valence-electron chi connectivity index (χ1n) is 1.95. The van der Waals surface area contributed by atoms with Crippen molar-refractivity contribution in [3.05, 3.63) is 0 Å². The Morgan fingerprint density at radius 1 is 2.00 bits per heavy atom. The number of ether oxygens (including phenoxy) is 1. The van der Waals surface area contributed by atoms with Crippen LogP contribution in [0, 0.1) is 11.3 Å². The van der Waals surface area contributed by atoms with Crippen molar-refractivity contribution in [2.45, 2.75) is 6.04 Å². The number of methoxy groups -OCH3 is 1. The Morgan fingerprint density at radius 2 is 2.50 bits per heavy atom. The molecule has 0 aliphatic rings. The van der Waals surface area contributed by atoms with Gasteiger partial charge in [0.25, 0.3) is 0 Å². The maximum atomic E-state index is 10.2. The van der Waals surface area contributed by atoms with Crippen molar-refractivity contribution in [3.63, 3.8) is 0 Å². The second-order valence-corrected chi connectivity index (χ2v) is 1.13. The number of nitriles is 1. The van der Waals surface area contributed by atoms with Crippen molar-refractivity contribution in [1.29, 1.82) is 5.26 Å². The zero-order valence-corrected chi connectivity index (χ0v) is 4.42. The molecule has 0 aromatic rings. The van der Waals surface area contributed by atoms with Crippen LogP contribution in [0.25, 0.3) is 0 Å². The third-order valence-electron chi connectivity index (χ3n) is 0.594. The van der Waals surface area contributed by atoms with Crippen LogP contribution < -0.4 is 5.73 Å². The molecular formula is C4H6N2O2. The van der Waals surface area contributed by atoms with Gasteiger partial charge in [-0.15, -0.1) is 0 Å². The zero-order valence-electron chi connectivity index (χ0n) is 4.42.